The summed E-state index contributed by atoms with van der Waals surface area (Å²) in [6.07, 6.45) is 2.18. The lowest BCUT2D eigenvalue weighted by atomic mass is 9.79. The quantitative estimate of drug-likeness (QED) is 0.240. The van der Waals surface area contributed by atoms with Gasteiger partial charge in [0.05, 0.1) is 6.42 Å². The Labute approximate surface area is 232 Å². The van der Waals surface area contributed by atoms with E-state index in [0.717, 1.165) is 36.1 Å². The Balaban J connectivity index is 1.69. The van der Waals surface area contributed by atoms with E-state index >= 15 is 4.39 Å². The highest BCUT2D eigenvalue weighted by Gasteiger charge is 2.30. The van der Waals surface area contributed by atoms with Crippen molar-refractivity contribution in [2.45, 2.75) is 71.8 Å². The Kier molecular flexibility index (Phi) is 9.02. The van der Waals surface area contributed by atoms with Gasteiger partial charge in [-0.15, -0.1) is 0 Å². The lowest BCUT2D eigenvalue weighted by molar-refractivity contribution is -0.137. The van der Waals surface area contributed by atoms with Crippen molar-refractivity contribution in [2.75, 3.05) is 0 Å². The van der Waals surface area contributed by atoms with Gasteiger partial charge in [-0.1, -0.05) is 63.6 Å². The highest BCUT2D eigenvalue weighted by molar-refractivity contribution is 5.85. The van der Waals surface area contributed by atoms with Crippen molar-refractivity contribution >= 4 is 11.5 Å². The summed E-state index contributed by atoms with van der Waals surface area (Å²) in [7, 11) is 0. The second-order valence-corrected chi connectivity index (χ2v) is 11.0. The fourth-order valence-corrected chi connectivity index (χ4v) is 5.53. The Morgan fingerprint density at radius 3 is 2.45 bits per heavy atom. The van der Waals surface area contributed by atoms with E-state index in [1.54, 1.807) is 24.3 Å². The molecule has 0 saturated heterocycles. The zero-order valence-electron chi connectivity index (χ0n) is 22.9. The summed E-state index contributed by atoms with van der Waals surface area (Å²) in [5.74, 6) is -2.60. The van der Waals surface area contributed by atoms with E-state index in [1.807, 2.05) is 13.0 Å². The van der Waals surface area contributed by atoms with Crippen LogP contribution in [-0.4, -0.2) is 11.1 Å². The number of benzene rings is 3. The van der Waals surface area contributed by atoms with Crippen LogP contribution in [0.1, 0.15) is 87.5 Å². The van der Waals surface area contributed by atoms with Gasteiger partial charge in [0, 0.05) is 11.1 Å². The average Bonchev–Trinajstić information content (AvgIpc) is 3.26. The summed E-state index contributed by atoms with van der Waals surface area (Å²) in [4.78, 5) is 11.3. The number of hydrogen-bond donors (Lipinski definition) is 1. The molecule has 7 heteroatoms. The number of carbonyl (C=O) groups is 1. The van der Waals surface area contributed by atoms with Crippen molar-refractivity contribution in [1.82, 2.24) is 0 Å². The zero-order valence-corrected chi connectivity index (χ0v) is 22.9. The number of carboxylic acid groups (broad SMARTS) is 1. The van der Waals surface area contributed by atoms with Gasteiger partial charge in [-0.05, 0) is 82.7 Å². The zero-order chi connectivity index (χ0) is 29.0. The number of ether oxygens (including phenoxy) is 1. The van der Waals surface area contributed by atoms with Crippen molar-refractivity contribution in [3.63, 3.8) is 0 Å². The molecule has 4 rings (SSSR count). The van der Waals surface area contributed by atoms with E-state index in [0.29, 0.717) is 29.5 Å². The second kappa shape index (κ2) is 12.3. The molecule has 3 nitrogen and oxygen atoms in total. The van der Waals surface area contributed by atoms with Gasteiger partial charge in [0.2, 0.25) is 0 Å². The number of aliphatic carboxylic acids is 1. The summed E-state index contributed by atoms with van der Waals surface area (Å²) in [5.41, 5.74) is 2.89. The van der Waals surface area contributed by atoms with Crippen LogP contribution in [0.2, 0.25) is 0 Å². The molecule has 0 heterocycles. The van der Waals surface area contributed by atoms with Crippen molar-refractivity contribution < 1.29 is 32.2 Å². The monoisotopic (exact) mass is 554 g/mol. The molecule has 0 saturated carbocycles. The summed E-state index contributed by atoms with van der Waals surface area (Å²) in [6.45, 7) is 6.12. The van der Waals surface area contributed by atoms with Crippen LogP contribution in [0.15, 0.2) is 60.7 Å². The van der Waals surface area contributed by atoms with E-state index < -0.39 is 29.9 Å². The predicted molar refractivity (Wildman–Crippen MR) is 148 cm³/mol. The van der Waals surface area contributed by atoms with Gasteiger partial charge in [0.15, 0.2) is 11.6 Å². The molecular weight excluding hydrogens is 520 g/mol. The number of allylic oxidation sites excluding steroid dienone is 2. The third-order valence-corrected chi connectivity index (χ3v) is 7.64. The molecule has 0 aliphatic heterocycles. The van der Waals surface area contributed by atoms with Crippen LogP contribution in [0, 0.1) is 17.0 Å². The molecule has 0 amide bonds. The van der Waals surface area contributed by atoms with Crippen LogP contribution >= 0.6 is 0 Å². The molecule has 1 aliphatic carbocycles. The lowest BCUT2D eigenvalue weighted by Gasteiger charge is -2.26. The fourth-order valence-electron chi connectivity index (χ4n) is 5.53. The maximum absolute atomic E-state index is 15.4. The topological polar surface area (TPSA) is 46.5 Å². The van der Waals surface area contributed by atoms with Gasteiger partial charge in [0.1, 0.15) is 12.4 Å². The summed E-state index contributed by atoms with van der Waals surface area (Å²) in [6, 6.07) is 13.4. The molecule has 3 aromatic carbocycles. The van der Waals surface area contributed by atoms with Gasteiger partial charge >= 0.3 is 5.97 Å². The molecule has 0 aromatic heterocycles. The predicted octanol–water partition coefficient (Wildman–Crippen LogP) is 9.71. The first-order valence-electron chi connectivity index (χ1n) is 13.6. The first-order chi connectivity index (χ1) is 19.0. The maximum atomic E-state index is 15.4. The minimum atomic E-state index is -2.73. The lowest BCUT2D eigenvalue weighted by Crippen LogP contribution is -2.11. The van der Waals surface area contributed by atoms with Gasteiger partial charge in [-0.3, -0.25) is 4.79 Å². The van der Waals surface area contributed by atoms with E-state index in [9.17, 15) is 23.1 Å². The molecule has 3 aromatic rings. The molecular formula is C33H34F4O3. The molecule has 0 unspecified atom stereocenters. The summed E-state index contributed by atoms with van der Waals surface area (Å²) in [5, 5.41) is 9.28. The Morgan fingerprint density at radius 2 is 1.80 bits per heavy atom. The number of carboxylic acids is 1. The molecule has 212 valence electrons. The van der Waals surface area contributed by atoms with E-state index in [2.05, 4.69) is 19.9 Å². The molecule has 1 N–H and O–H groups in total. The Morgan fingerprint density at radius 1 is 1.02 bits per heavy atom. The Bertz CT molecular complexity index is 1410. The first-order valence-corrected chi connectivity index (χ1v) is 13.6. The van der Waals surface area contributed by atoms with Crippen molar-refractivity contribution in [2.24, 2.45) is 5.41 Å². The number of alkyl halides is 2. The molecule has 0 radical (unpaired) electrons. The molecule has 0 bridgehead atoms. The van der Waals surface area contributed by atoms with Crippen molar-refractivity contribution in [3.05, 3.63) is 94.6 Å². The van der Waals surface area contributed by atoms with Crippen LogP contribution in [0.25, 0.3) is 16.7 Å². The van der Waals surface area contributed by atoms with Gasteiger partial charge in [-0.2, -0.15) is 0 Å². The molecule has 1 atom stereocenters. The number of halogens is 4. The van der Waals surface area contributed by atoms with Crippen LogP contribution < -0.4 is 4.74 Å². The first kappa shape index (κ1) is 29.4. The van der Waals surface area contributed by atoms with Crippen molar-refractivity contribution in [1.29, 1.82) is 0 Å². The molecule has 40 heavy (non-hydrogen) atoms. The Hall–Kier alpha value is -3.61. The molecule has 0 fully saturated rings. The summed E-state index contributed by atoms with van der Waals surface area (Å²) >= 11 is 0. The SMILES string of the molecule is CCC[C@@H](CC(=O)O)c1cccc(OCc2ccc(-c3cc(C(F)F)ccc3F)c(C3=CCCC3(C)C)c2)c1F. The van der Waals surface area contributed by atoms with E-state index in [1.165, 1.54) is 12.1 Å². The number of rotatable bonds is 11. The highest BCUT2D eigenvalue weighted by atomic mass is 19.3. The summed E-state index contributed by atoms with van der Waals surface area (Å²) < 4.78 is 63.2. The minimum Gasteiger partial charge on any atom is -0.486 e. The normalized spacial score (nSPS) is 15.2. The van der Waals surface area contributed by atoms with Crippen LogP contribution in [0.4, 0.5) is 17.6 Å². The average molecular weight is 555 g/mol. The molecule has 1 aliphatic rings. The number of hydrogen-bond acceptors (Lipinski definition) is 2. The van der Waals surface area contributed by atoms with E-state index in [-0.39, 0.29) is 35.3 Å². The van der Waals surface area contributed by atoms with Crippen LogP contribution in [0.3, 0.4) is 0 Å². The standard InChI is InChI=1S/C33H34F4O3/c1-4-7-21(18-30(38)39)23-8-5-10-29(31(23)35)40-19-20-11-13-24(25(16-20)27-9-6-15-33(27,2)3)26-17-22(32(36)37)12-14-28(26)34/h5,8-14,16-17,21,32H,4,6-7,15,18-19H2,1-3H3,(H,38,39)/t21-/m0/s1. The minimum absolute atomic E-state index is 0.0122. The third kappa shape index (κ3) is 6.40. The fraction of sp³-hybridized carbons (Fsp3) is 0.364. The van der Waals surface area contributed by atoms with Crippen LogP contribution in [-0.2, 0) is 11.4 Å². The van der Waals surface area contributed by atoms with Gasteiger partial charge in [-0.25, -0.2) is 17.6 Å². The maximum Gasteiger partial charge on any atom is 0.303 e. The molecule has 0 spiro atoms. The van der Waals surface area contributed by atoms with Crippen LogP contribution in [0.5, 0.6) is 5.75 Å². The smallest absolute Gasteiger partial charge is 0.303 e. The van der Waals surface area contributed by atoms with Gasteiger partial charge in [0.25, 0.3) is 6.43 Å². The van der Waals surface area contributed by atoms with Gasteiger partial charge < -0.3 is 9.84 Å². The second-order valence-electron chi connectivity index (χ2n) is 11.0. The highest BCUT2D eigenvalue weighted by Crippen LogP contribution is 2.47. The third-order valence-electron chi connectivity index (χ3n) is 7.64. The van der Waals surface area contributed by atoms with E-state index in [4.69, 9.17) is 4.74 Å². The largest absolute Gasteiger partial charge is 0.486 e. The van der Waals surface area contributed by atoms with Crippen molar-refractivity contribution in [3.8, 4) is 16.9 Å².